The topological polar surface area (TPSA) is 52.7 Å². The quantitative estimate of drug-likeness (QED) is 0.792. The van der Waals surface area contributed by atoms with Crippen LogP contribution in [0.2, 0.25) is 0 Å². The third-order valence-corrected chi connectivity index (χ3v) is 6.65. The summed E-state index contributed by atoms with van der Waals surface area (Å²) < 4.78 is 28.9. The van der Waals surface area contributed by atoms with Crippen molar-refractivity contribution in [2.24, 2.45) is 5.92 Å². The van der Waals surface area contributed by atoms with Crippen molar-refractivity contribution < 1.29 is 8.42 Å². The molecule has 0 aromatic heterocycles. The van der Waals surface area contributed by atoms with Crippen molar-refractivity contribution in [1.82, 2.24) is 13.9 Å². The molecule has 104 valence electrons. The molecule has 0 aromatic carbocycles. The smallest absolute Gasteiger partial charge is 0.282 e. The molecule has 3 heterocycles. The lowest BCUT2D eigenvalue weighted by Gasteiger charge is -2.29. The number of hydrogen-bond acceptors (Lipinski definition) is 3. The van der Waals surface area contributed by atoms with E-state index in [1.54, 1.807) is 8.61 Å². The van der Waals surface area contributed by atoms with Gasteiger partial charge in [-0.05, 0) is 31.7 Å². The van der Waals surface area contributed by atoms with E-state index in [0.717, 1.165) is 38.9 Å². The number of nitrogens with zero attached hydrogens (tertiary/aromatic N) is 2. The Bertz CT molecular complexity index is 390. The molecule has 3 aliphatic rings. The van der Waals surface area contributed by atoms with E-state index in [1.165, 1.54) is 12.8 Å². The van der Waals surface area contributed by atoms with Crippen molar-refractivity contribution in [1.29, 1.82) is 0 Å². The second-order valence-corrected chi connectivity index (χ2v) is 7.59. The van der Waals surface area contributed by atoms with Crippen LogP contribution in [0.25, 0.3) is 0 Å². The molecule has 1 N–H and O–H groups in total. The summed E-state index contributed by atoms with van der Waals surface area (Å²) in [4.78, 5) is 0. The summed E-state index contributed by atoms with van der Waals surface area (Å²) in [6.45, 7) is 3.96. The Kier molecular flexibility index (Phi) is 3.62. The van der Waals surface area contributed by atoms with Crippen LogP contribution in [0.1, 0.15) is 32.1 Å². The molecule has 0 saturated carbocycles. The van der Waals surface area contributed by atoms with Crippen LogP contribution in [0.4, 0.5) is 0 Å². The molecular formula is C12H23N3O2S. The molecule has 0 spiro atoms. The largest absolute Gasteiger partial charge is 0.315 e. The lowest BCUT2D eigenvalue weighted by atomic mass is 10.1. The summed E-state index contributed by atoms with van der Waals surface area (Å²) in [5, 5.41) is 3.32. The van der Waals surface area contributed by atoms with E-state index in [0.29, 0.717) is 19.0 Å². The van der Waals surface area contributed by atoms with Gasteiger partial charge in [0.25, 0.3) is 10.2 Å². The zero-order chi connectivity index (χ0) is 12.6. The SMILES string of the molecule is O=S(=O)(N1CCCCCC1)N1CC[C@H]2CNC[C@H]21. The molecule has 3 fully saturated rings. The molecule has 6 heteroatoms. The summed E-state index contributed by atoms with van der Waals surface area (Å²) >= 11 is 0. The van der Waals surface area contributed by atoms with Crippen molar-refractivity contribution in [2.75, 3.05) is 32.7 Å². The van der Waals surface area contributed by atoms with Crippen molar-refractivity contribution in [3.8, 4) is 0 Å². The lowest BCUT2D eigenvalue weighted by molar-refractivity contribution is 0.325. The highest BCUT2D eigenvalue weighted by Crippen LogP contribution is 2.31. The van der Waals surface area contributed by atoms with Crippen molar-refractivity contribution in [3.05, 3.63) is 0 Å². The summed E-state index contributed by atoms with van der Waals surface area (Å²) in [5.74, 6) is 0.534. The van der Waals surface area contributed by atoms with E-state index in [-0.39, 0.29) is 6.04 Å². The first-order valence-electron chi connectivity index (χ1n) is 7.17. The van der Waals surface area contributed by atoms with Gasteiger partial charge in [0.15, 0.2) is 0 Å². The van der Waals surface area contributed by atoms with Crippen molar-refractivity contribution in [3.63, 3.8) is 0 Å². The molecule has 5 nitrogen and oxygen atoms in total. The van der Waals surface area contributed by atoms with E-state index in [9.17, 15) is 8.42 Å². The Hall–Kier alpha value is -0.170. The van der Waals surface area contributed by atoms with Crippen molar-refractivity contribution in [2.45, 2.75) is 38.1 Å². The van der Waals surface area contributed by atoms with Crippen molar-refractivity contribution >= 4 is 10.2 Å². The van der Waals surface area contributed by atoms with Crippen LogP contribution in [0.15, 0.2) is 0 Å². The van der Waals surface area contributed by atoms with E-state index < -0.39 is 10.2 Å². The molecule has 3 rings (SSSR count). The minimum absolute atomic E-state index is 0.207. The monoisotopic (exact) mass is 273 g/mol. The Balaban J connectivity index is 1.76. The summed E-state index contributed by atoms with van der Waals surface area (Å²) in [5.41, 5.74) is 0. The fraction of sp³-hybridized carbons (Fsp3) is 1.00. The van der Waals surface area contributed by atoms with Gasteiger partial charge in [0.05, 0.1) is 0 Å². The molecule has 0 amide bonds. The van der Waals surface area contributed by atoms with Gasteiger partial charge in [-0.25, -0.2) is 0 Å². The highest BCUT2D eigenvalue weighted by Gasteiger charge is 2.45. The second-order valence-electron chi connectivity index (χ2n) is 5.71. The Morgan fingerprint density at radius 3 is 2.39 bits per heavy atom. The van der Waals surface area contributed by atoms with Gasteiger partial charge in [0.1, 0.15) is 0 Å². The molecule has 0 aliphatic carbocycles. The first kappa shape index (κ1) is 12.8. The van der Waals surface area contributed by atoms with Crippen LogP contribution in [0.3, 0.4) is 0 Å². The predicted octanol–water partition coefficient (Wildman–Crippen LogP) is 0.401. The predicted molar refractivity (Wildman–Crippen MR) is 70.4 cm³/mol. The number of nitrogens with one attached hydrogen (secondary N) is 1. The molecule has 0 aromatic rings. The summed E-state index contributed by atoms with van der Waals surface area (Å²) in [7, 11) is -3.21. The van der Waals surface area contributed by atoms with Crippen LogP contribution >= 0.6 is 0 Å². The summed E-state index contributed by atoms with van der Waals surface area (Å²) in [6.07, 6.45) is 5.38. The highest BCUT2D eigenvalue weighted by atomic mass is 32.2. The van der Waals surface area contributed by atoms with Crippen LogP contribution < -0.4 is 5.32 Å². The Labute approximate surface area is 110 Å². The third-order valence-electron chi connectivity index (χ3n) is 4.58. The van der Waals surface area contributed by atoms with E-state index in [4.69, 9.17) is 0 Å². The van der Waals surface area contributed by atoms with Crippen LogP contribution in [-0.2, 0) is 10.2 Å². The lowest BCUT2D eigenvalue weighted by Crippen LogP contribution is -2.48. The fourth-order valence-electron chi connectivity index (χ4n) is 3.52. The maximum absolute atomic E-state index is 12.7. The minimum Gasteiger partial charge on any atom is -0.315 e. The van der Waals surface area contributed by atoms with E-state index in [2.05, 4.69) is 5.32 Å². The van der Waals surface area contributed by atoms with Gasteiger partial charge in [0.2, 0.25) is 0 Å². The number of rotatable bonds is 2. The molecule has 0 unspecified atom stereocenters. The zero-order valence-electron chi connectivity index (χ0n) is 10.8. The van der Waals surface area contributed by atoms with E-state index in [1.807, 2.05) is 0 Å². The normalized spacial score (nSPS) is 35.6. The second kappa shape index (κ2) is 5.07. The highest BCUT2D eigenvalue weighted by molar-refractivity contribution is 7.86. The molecule has 3 aliphatic heterocycles. The van der Waals surface area contributed by atoms with Gasteiger partial charge in [-0.2, -0.15) is 17.0 Å². The van der Waals surface area contributed by atoms with Crippen LogP contribution in [0, 0.1) is 5.92 Å². The Morgan fingerprint density at radius 2 is 1.67 bits per heavy atom. The van der Waals surface area contributed by atoms with Crippen LogP contribution in [0.5, 0.6) is 0 Å². The molecular weight excluding hydrogens is 250 g/mol. The number of hydrogen-bond donors (Lipinski definition) is 1. The average molecular weight is 273 g/mol. The van der Waals surface area contributed by atoms with Gasteiger partial charge >= 0.3 is 0 Å². The molecule has 2 atom stereocenters. The fourth-order valence-corrected chi connectivity index (χ4v) is 5.46. The molecule has 18 heavy (non-hydrogen) atoms. The average Bonchev–Trinajstić information content (AvgIpc) is 2.82. The molecule has 3 saturated heterocycles. The zero-order valence-corrected chi connectivity index (χ0v) is 11.7. The van der Waals surface area contributed by atoms with Gasteiger partial charge in [0, 0.05) is 32.2 Å². The maximum Gasteiger partial charge on any atom is 0.282 e. The molecule has 0 radical (unpaired) electrons. The van der Waals surface area contributed by atoms with Gasteiger partial charge < -0.3 is 5.32 Å². The van der Waals surface area contributed by atoms with Gasteiger partial charge in [-0.3, -0.25) is 0 Å². The first-order valence-corrected chi connectivity index (χ1v) is 8.57. The summed E-state index contributed by atoms with van der Waals surface area (Å²) in [6, 6.07) is 0.207. The standard InChI is InChI=1S/C12H23N3O2S/c16-18(17,14-6-3-1-2-4-7-14)15-8-5-11-9-13-10-12(11)15/h11-13H,1-10H2/t11-,12+/m0/s1. The van der Waals surface area contributed by atoms with Gasteiger partial charge in [-0.1, -0.05) is 12.8 Å². The third kappa shape index (κ3) is 2.19. The minimum atomic E-state index is -3.21. The van der Waals surface area contributed by atoms with Crippen LogP contribution in [-0.4, -0.2) is 55.8 Å². The Morgan fingerprint density at radius 1 is 0.944 bits per heavy atom. The van der Waals surface area contributed by atoms with E-state index >= 15 is 0 Å². The molecule has 0 bridgehead atoms. The first-order chi connectivity index (χ1) is 8.69. The number of fused-ring (bicyclic) bond motifs is 1. The maximum atomic E-state index is 12.7. The van der Waals surface area contributed by atoms with Gasteiger partial charge in [-0.15, -0.1) is 0 Å².